The number of carbonyl (C=O) groups excluding carboxylic acids is 3. The molecule has 0 unspecified atom stereocenters. The Hall–Kier alpha value is -3.85. The first-order valence-electron chi connectivity index (χ1n) is 10.2. The molecule has 2 N–H and O–H groups in total. The monoisotopic (exact) mass is 468 g/mol. The second-order valence-corrected chi connectivity index (χ2v) is 7.83. The Balaban J connectivity index is 1.79. The topological polar surface area (TPSA) is 103 Å². The van der Waals surface area contributed by atoms with Crippen LogP contribution in [0.1, 0.15) is 32.5 Å². The number of hydrogen-bond acceptors (Lipinski definition) is 7. The van der Waals surface area contributed by atoms with Gasteiger partial charge in [0.2, 0.25) is 0 Å². The Labute approximate surface area is 195 Å². The number of anilines is 2. The molecule has 0 aliphatic carbocycles. The number of hydrogen-bond donors (Lipinski definition) is 2. The van der Waals surface area contributed by atoms with Gasteiger partial charge in [-0.2, -0.15) is 0 Å². The molecule has 8 nitrogen and oxygen atoms in total. The zero-order valence-electron chi connectivity index (χ0n) is 18.5. The van der Waals surface area contributed by atoms with Gasteiger partial charge in [0, 0.05) is 5.69 Å². The van der Waals surface area contributed by atoms with E-state index in [0.717, 1.165) is 11.3 Å². The van der Waals surface area contributed by atoms with Crippen LogP contribution < -0.4 is 20.1 Å². The van der Waals surface area contributed by atoms with Gasteiger partial charge in [-0.1, -0.05) is 18.2 Å². The molecule has 0 bridgehead atoms. The molecule has 2 amide bonds. The molecule has 0 fully saturated rings. The summed E-state index contributed by atoms with van der Waals surface area (Å²) >= 11 is 1.00. The number of amides is 2. The van der Waals surface area contributed by atoms with E-state index < -0.39 is 17.8 Å². The van der Waals surface area contributed by atoms with Crippen molar-refractivity contribution in [2.75, 3.05) is 31.0 Å². The molecule has 9 heteroatoms. The normalized spacial score (nSPS) is 10.3. The molecule has 1 aromatic heterocycles. The van der Waals surface area contributed by atoms with Crippen molar-refractivity contribution in [3.63, 3.8) is 0 Å². The molecule has 0 saturated heterocycles. The van der Waals surface area contributed by atoms with Crippen LogP contribution in [0.2, 0.25) is 0 Å². The standard InChI is InChI=1S/C24H24N2O6S/c1-4-31-24(29)20-15(2)21(22(28)25-16-10-12-17(30-3)13-11-16)33-23(20)26-19(27)14-32-18-8-6-5-7-9-18/h5-13H,4,14H2,1-3H3,(H,25,28)(H,26,27). The van der Waals surface area contributed by atoms with E-state index in [9.17, 15) is 14.4 Å². The molecule has 33 heavy (non-hydrogen) atoms. The van der Waals surface area contributed by atoms with Crippen molar-refractivity contribution in [1.82, 2.24) is 0 Å². The van der Waals surface area contributed by atoms with Gasteiger partial charge in [0.25, 0.3) is 11.8 Å². The number of esters is 1. The first kappa shape index (κ1) is 23.8. The Morgan fingerprint density at radius 3 is 2.27 bits per heavy atom. The number of para-hydroxylation sites is 1. The Morgan fingerprint density at radius 1 is 0.939 bits per heavy atom. The highest BCUT2D eigenvalue weighted by Gasteiger charge is 2.27. The maximum Gasteiger partial charge on any atom is 0.341 e. The third kappa shape index (κ3) is 6.11. The van der Waals surface area contributed by atoms with Gasteiger partial charge in [0.1, 0.15) is 16.5 Å². The van der Waals surface area contributed by atoms with Crippen LogP contribution in [0.3, 0.4) is 0 Å². The molecule has 2 aromatic carbocycles. The van der Waals surface area contributed by atoms with E-state index in [1.807, 2.05) is 6.07 Å². The number of benzene rings is 2. The molecule has 0 radical (unpaired) electrons. The van der Waals surface area contributed by atoms with E-state index in [-0.39, 0.29) is 28.7 Å². The third-order valence-corrected chi connectivity index (χ3v) is 5.75. The Bertz CT molecular complexity index is 1130. The van der Waals surface area contributed by atoms with Crippen LogP contribution >= 0.6 is 11.3 Å². The number of thiophene rings is 1. The number of methoxy groups -OCH3 is 1. The zero-order chi connectivity index (χ0) is 23.8. The molecular weight excluding hydrogens is 444 g/mol. The minimum Gasteiger partial charge on any atom is -0.497 e. The number of ether oxygens (including phenoxy) is 3. The van der Waals surface area contributed by atoms with E-state index in [1.165, 1.54) is 0 Å². The summed E-state index contributed by atoms with van der Waals surface area (Å²) in [4.78, 5) is 38.2. The highest BCUT2D eigenvalue weighted by Crippen LogP contribution is 2.34. The SMILES string of the molecule is CCOC(=O)c1c(NC(=O)COc2ccccc2)sc(C(=O)Nc2ccc(OC)cc2)c1C. The summed E-state index contributed by atoms with van der Waals surface area (Å²) in [5, 5.41) is 5.69. The molecule has 0 aliphatic heterocycles. The number of carbonyl (C=O) groups is 3. The van der Waals surface area contributed by atoms with Gasteiger partial charge in [-0.15, -0.1) is 11.3 Å². The van der Waals surface area contributed by atoms with E-state index >= 15 is 0 Å². The van der Waals surface area contributed by atoms with Crippen LogP contribution in [0.25, 0.3) is 0 Å². The van der Waals surface area contributed by atoms with Gasteiger partial charge in [0.15, 0.2) is 6.61 Å². The summed E-state index contributed by atoms with van der Waals surface area (Å²) in [5.41, 5.74) is 1.13. The van der Waals surface area contributed by atoms with E-state index in [1.54, 1.807) is 69.5 Å². The largest absolute Gasteiger partial charge is 0.497 e. The summed E-state index contributed by atoms with van der Waals surface area (Å²) in [6.07, 6.45) is 0. The quantitative estimate of drug-likeness (QED) is 0.448. The minimum atomic E-state index is -0.617. The van der Waals surface area contributed by atoms with Gasteiger partial charge in [-0.25, -0.2) is 4.79 Å². The van der Waals surface area contributed by atoms with Gasteiger partial charge in [-0.05, 0) is 55.8 Å². The van der Waals surface area contributed by atoms with Gasteiger partial charge >= 0.3 is 5.97 Å². The van der Waals surface area contributed by atoms with Gasteiger partial charge in [0.05, 0.1) is 24.2 Å². The Morgan fingerprint density at radius 2 is 1.64 bits per heavy atom. The first-order valence-corrected chi connectivity index (χ1v) is 11.0. The van der Waals surface area contributed by atoms with Crippen molar-refractivity contribution in [3.05, 3.63) is 70.6 Å². The van der Waals surface area contributed by atoms with Crippen molar-refractivity contribution in [2.45, 2.75) is 13.8 Å². The molecule has 0 aliphatic rings. The molecule has 172 valence electrons. The van der Waals surface area contributed by atoms with Crippen LogP contribution in [0.15, 0.2) is 54.6 Å². The number of rotatable bonds is 9. The Kier molecular flexibility index (Phi) is 8.04. The van der Waals surface area contributed by atoms with Crippen molar-refractivity contribution in [3.8, 4) is 11.5 Å². The second-order valence-electron chi connectivity index (χ2n) is 6.81. The summed E-state index contributed by atoms with van der Waals surface area (Å²) < 4.78 is 15.7. The molecule has 0 atom stereocenters. The summed E-state index contributed by atoms with van der Waals surface area (Å²) in [6, 6.07) is 15.7. The summed E-state index contributed by atoms with van der Waals surface area (Å²) in [6.45, 7) is 3.23. The van der Waals surface area contributed by atoms with Gasteiger partial charge < -0.3 is 24.8 Å². The van der Waals surface area contributed by atoms with E-state index in [4.69, 9.17) is 14.2 Å². The smallest absolute Gasteiger partial charge is 0.341 e. The van der Waals surface area contributed by atoms with Crippen molar-refractivity contribution < 1.29 is 28.6 Å². The molecule has 0 saturated carbocycles. The lowest BCUT2D eigenvalue weighted by molar-refractivity contribution is -0.118. The zero-order valence-corrected chi connectivity index (χ0v) is 19.3. The predicted octanol–water partition coefficient (Wildman–Crippen LogP) is 4.51. The van der Waals surface area contributed by atoms with Crippen LogP contribution in [-0.2, 0) is 9.53 Å². The number of nitrogens with one attached hydrogen (secondary N) is 2. The van der Waals surface area contributed by atoms with Crippen molar-refractivity contribution in [1.29, 1.82) is 0 Å². The van der Waals surface area contributed by atoms with Crippen molar-refractivity contribution in [2.24, 2.45) is 0 Å². The highest BCUT2D eigenvalue weighted by atomic mass is 32.1. The van der Waals surface area contributed by atoms with Crippen molar-refractivity contribution >= 4 is 39.8 Å². The first-order chi connectivity index (χ1) is 15.9. The maximum atomic E-state index is 12.9. The average molecular weight is 469 g/mol. The summed E-state index contributed by atoms with van der Waals surface area (Å²) in [7, 11) is 1.56. The van der Waals surface area contributed by atoms with Gasteiger partial charge in [-0.3, -0.25) is 9.59 Å². The fourth-order valence-electron chi connectivity index (χ4n) is 2.96. The second kappa shape index (κ2) is 11.1. The lowest BCUT2D eigenvalue weighted by Gasteiger charge is -2.08. The van der Waals surface area contributed by atoms with Crippen LogP contribution in [0.4, 0.5) is 10.7 Å². The van der Waals surface area contributed by atoms with E-state index in [0.29, 0.717) is 22.7 Å². The fourth-order valence-corrected chi connectivity index (χ4v) is 4.06. The molecule has 0 spiro atoms. The van der Waals surface area contributed by atoms with Crippen LogP contribution in [0, 0.1) is 6.92 Å². The lowest BCUT2D eigenvalue weighted by Crippen LogP contribution is -2.21. The minimum absolute atomic E-state index is 0.148. The third-order valence-electron chi connectivity index (χ3n) is 4.55. The highest BCUT2D eigenvalue weighted by molar-refractivity contribution is 7.18. The molecular formula is C24H24N2O6S. The van der Waals surface area contributed by atoms with Crippen LogP contribution in [0.5, 0.6) is 11.5 Å². The maximum absolute atomic E-state index is 12.9. The molecule has 3 rings (SSSR count). The predicted molar refractivity (Wildman–Crippen MR) is 127 cm³/mol. The molecule has 3 aromatic rings. The fraction of sp³-hybridized carbons (Fsp3) is 0.208. The lowest BCUT2D eigenvalue weighted by atomic mass is 10.1. The molecule has 1 heterocycles. The van der Waals surface area contributed by atoms with Crippen LogP contribution in [-0.4, -0.2) is 38.1 Å². The average Bonchev–Trinajstić information content (AvgIpc) is 3.14. The summed E-state index contributed by atoms with van der Waals surface area (Å²) in [5.74, 6) is -0.288. The van der Waals surface area contributed by atoms with E-state index in [2.05, 4.69) is 10.6 Å².